The minimum Gasteiger partial charge on any atom is -0.489 e. The summed E-state index contributed by atoms with van der Waals surface area (Å²) in [5.41, 5.74) is 2.92. The van der Waals surface area contributed by atoms with Crippen LogP contribution in [0, 0.1) is 0 Å². The van der Waals surface area contributed by atoms with Gasteiger partial charge in [-0.05, 0) is 56.4 Å². The van der Waals surface area contributed by atoms with Gasteiger partial charge in [0.1, 0.15) is 31.1 Å². The number of rotatable bonds is 8. The lowest BCUT2D eigenvalue weighted by molar-refractivity contribution is -0.114. The Morgan fingerprint density at radius 3 is 2.86 bits per heavy atom. The number of anilines is 3. The molecule has 0 aliphatic carbocycles. The molecule has 0 radical (unpaired) electrons. The molecule has 0 spiro atoms. The van der Waals surface area contributed by atoms with Gasteiger partial charge in [-0.3, -0.25) is 14.7 Å². The molecular weight excluding hydrogens is 566 g/mol. The van der Waals surface area contributed by atoms with E-state index in [2.05, 4.69) is 44.0 Å². The van der Waals surface area contributed by atoms with E-state index in [4.69, 9.17) is 21.1 Å². The van der Waals surface area contributed by atoms with Crippen LogP contribution < -0.4 is 19.7 Å². The van der Waals surface area contributed by atoms with Gasteiger partial charge in [0.25, 0.3) is 5.91 Å². The van der Waals surface area contributed by atoms with Gasteiger partial charge in [0.05, 0.1) is 33.9 Å². The smallest absolute Gasteiger partial charge is 0.250 e. The molecule has 0 unspecified atom stereocenters. The van der Waals surface area contributed by atoms with Crippen molar-refractivity contribution in [3.63, 3.8) is 0 Å². The first-order valence-corrected chi connectivity index (χ1v) is 14.7. The van der Waals surface area contributed by atoms with Crippen LogP contribution >= 0.6 is 11.6 Å². The predicted octanol–water partition coefficient (Wildman–Crippen LogP) is 4.92. The third kappa shape index (κ3) is 6.56. The van der Waals surface area contributed by atoms with E-state index in [1.165, 1.54) is 6.33 Å². The molecule has 1 fully saturated rings. The zero-order valence-corrected chi connectivity index (χ0v) is 25.0. The Bertz CT molecular complexity index is 1630. The van der Waals surface area contributed by atoms with Crippen LogP contribution in [0.5, 0.6) is 11.5 Å². The van der Waals surface area contributed by atoms with Crippen LogP contribution in [0.25, 0.3) is 10.9 Å². The average molecular weight is 600 g/mol. The van der Waals surface area contributed by atoms with Gasteiger partial charge in [0.2, 0.25) is 0 Å². The Hall–Kier alpha value is -4.25. The Morgan fingerprint density at radius 1 is 1.14 bits per heavy atom. The van der Waals surface area contributed by atoms with Crippen molar-refractivity contribution in [3.8, 4) is 11.5 Å². The summed E-state index contributed by atoms with van der Waals surface area (Å²) in [7, 11) is 2.14. The van der Waals surface area contributed by atoms with Gasteiger partial charge >= 0.3 is 0 Å². The fraction of sp³-hybridized carbons (Fsp3) is 0.312. The highest BCUT2D eigenvalue weighted by molar-refractivity contribution is 6.32. The molecule has 1 atom stereocenters. The summed E-state index contributed by atoms with van der Waals surface area (Å²) < 4.78 is 12.0. The quantitative estimate of drug-likeness (QED) is 0.283. The molecule has 4 aromatic rings. The fourth-order valence-electron chi connectivity index (χ4n) is 5.45. The van der Waals surface area contributed by atoms with E-state index in [1.807, 2.05) is 42.5 Å². The second kappa shape index (κ2) is 12.9. The van der Waals surface area contributed by atoms with Crippen molar-refractivity contribution in [3.05, 3.63) is 83.9 Å². The number of benzene rings is 2. The Balaban J connectivity index is 1.20. The minimum absolute atomic E-state index is 0.0786. The van der Waals surface area contributed by atoms with Gasteiger partial charge in [-0.25, -0.2) is 9.97 Å². The van der Waals surface area contributed by atoms with Crippen molar-refractivity contribution in [2.24, 2.45) is 0 Å². The number of piperazine rings is 1. The number of fused-ring (bicyclic) bond motifs is 3. The summed E-state index contributed by atoms with van der Waals surface area (Å²) in [6, 6.07) is 15.3. The van der Waals surface area contributed by atoms with Crippen LogP contribution in [-0.2, 0) is 11.4 Å². The van der Waals surface area contributed by atoms with E-state index in [9.17, 15) is 4.79 Å². The lowest BCUT2D eigenvalue weighted by Crippen LogP contribution is -2.50. The number of aromatic nitrogens is 3. The summed E-state index contributed by atoms with van der Waals surface area (Å²) in [6.07, 6.45) is 6.86. The Morgan fingerprint density at radius 2 is 2.05 bits per heavy atom. The van der Waals surface area contributed by atoms with Crippen LogP contribution in [0.2, 0.25) is 5.02 Å². The van der Waals surface area contributed by atoms with Crippen molar-refractivity contribution in [2.75, 3.05) is 56.6 Å². The molecule has 6 rings (SSSR count). The first-order chi connectivity index (χ1) is 21.0. The first kappa shape index (κ1) is 28.9. The summed E-state index contributed by atoms with van der Waals surface area (Å²) in [6.45, 7) is 7.15. The molecule has 11 heteroatoms. The van der Waals surface area contributed by atoms with Crippen molar-refractivity contribution in [1.29, 1.82) is 0 Å². The monoisotopic (exact) mass is 599 g/mol. The Kier molecular flexibility index (Phi) is 8.69. The summed E-state index contributed by atoms with van der Waals surface area (Å²) >= 11 is 6.56. The van der Waals surface area contributed by atoms with Crippen LogP contribution in [-0.4, -0.2) is 83.1 Å². The van der Waals surface area contributed by atoms with E-state index < -0.39 is 0 Å². The van der Waals surface area contributed by atoms with Crippen molar-refractivity contribution >= 4 is 45.6 Å². The molecule has 2 aliphatic rings. The van der Waals surface area contributed by atoms with Crippen LogP contribution in [0.3, 0.4) is 0 Å². The van der Waals surface area contributed by atoms with Gasteiger partial charge in [0, 0.05) is 50.2 Å². The molecule has 10 nitrogen and oxygen atoms in total. The molecule has 1 amide bonds. The van der Waals surface area contributed by atoms with E-state index in [1.54, 1.807) is 29.3 Å². The van der Waals surface area contributed by atoms with Gasteiger partial charge in [-0.1, -0.05) is 23.7 Å². The third-order valence-electron chi connectivity index (χ3n) is 7.72. The fourth-order valence-corrected chi connectivity index (χ4v) is 5.68. The van der Waals surface area contributed by atoms with Crippen LogP contribution in [0.1, 0.15) is 12.6 Å². The van der Waals surface area contributed by atoms with Crippen molar-refractivity contribution < 1.29 is 14.3 Å². The van der Waals surface area contributed by atoms with Crippen molar-refractivity contribution in [2.45, 2.75) is 19.6 Å². The molecule has 2 aromatic heterocycles. The maximum absolute atomic E-state index is 13.3. The predicted molar refractivity (Wildman–Crippen MR) is 168 cm³/mol. The molecule has 0 saturated carbocycles. The summed E-state index contributed by atoms with van der Waals surface area (Å²) in [4.78, 5) is 33.1. The number of nitrogens with one attached hydrogen (secondary N) is 1. The zero-order valence-electron chi connectivity index (χ0n) is 24.2. The van der Waals surface area contributed by atoms with Crippen LogP contribution in [0.4, 0.5) is 17.2 Å². The number of likely N-dealkylation sites (N-methyl/N-ethyl adjacent to an activating group) is 1. The number of ether oxygens (including phenoxy) is 2. The number of amides is 1. The summed E-state index contributed by atoms with van der Waals surface area (Å²) in [5, 5.41) is 4.50. The maximum atomic E-state index is 13.3. The van der Waals surface area contributed by atoms with Gasteiger partial charge in [0.15, 0.2) is 5.75 Å². The van der Waals surface area contributed by atoms with E-state index in [0.717, 1.165) is 37.6 Å². The molecule has 0 bridgehead atoms. The zero-order chi connectivity index (χ0) is 29.8. The molecular formula is C32H34ClN7O3. The molecule has 1 N–H and O–H groups in total. The molecule has 222 valence electrons. The SMILES string of the molecule is C[C@H]1CN(C)CCN1C/C=C/C(=O)N1CCOc2c1ccc1ncnc(Nc3ccc(OCc4ccccn4)c(Cl)c3)c21. The topological polar surface area (TPSA) is 96.0 Å². The molecule has 43 heavy (non-hydrogen) atoms. The van der Waals surface area contributed by atoms with E-state index in [0.29, 0.717) is 64.7 Å². The molecule has 2 aliphatic heterocycles. The summed E-state index contributed by atoms with van der Waals surface area (Å²) in [5.74, 6) is 1.59. The highest BCUT2D eigenvalue weighted by Crippen LogP contribution is 2.42. The first-order valence-electron chi connectivity index (χ1n) is 14.4. The lowest BCUT2D eigenvalue weighted by atomic mass is 10.1. The number of pyridine rings is 1. The standard InChI is InChI=1S/C32H34ClN7O3/c1-22-19-38(2)14-15-39(22)13-5-7-29(41)40-16-17-42-31-27(40)10-9-26-30(31)32(36-21-35-26)37-23-8-11-28(25(33)18-23)43-20-24-6-3-4-12-34-24/h3-12,18,21-22H,13-17,19-20H2,1-2H3,(H,35,36,37)/b7-5+/t22-/m0/s1. The molecule has 2 aromatic carbocycles. The van der Waals surface area contributed by atoms with Gasteiger partial charge in [-0.2, -0.15) is 0 Å². The number of carbonyl (C=O) groups is 1. The van der Waals surface area contributed by atoms with Crippen molar-refractivity contribution in [1.82, 2.24) is 24.8 Å². The van der Waals surface area contributed by atoms with Gasteiger partial charge < -0.3 is 24.6 Å². The molecule has 1 saturated heterocycles. The second-order valence-electron chi connectivity index (χ2n) is 10.8. The number of nitrogens with zero attached hydrogens (tertiary/aromatic N) is 6. The van der Waals surface area contributed by atoms with E-state index in [-0.39, 0.29) is 5.91 Å². The third-order valence-corrected chi connectivity index (χ3v) is 8.01. The van der Waals surface area contributed by atoms with Crippen LogP contribution in [0.15, 0.2) is 73.2 Å². The normalized spacial score (nSPS) is 17.6. The highest BCUT2D eigenvalue weighted by atomic mass is 35.5. The average Bonchev–Trinajstić information content (AvgIpc) is 3.02. The van der Waals surface area contributed by atoms with E-state index >= 15 is 0 Å². The Labute approximate surface area is 255 Å². The number of hydrogen-bond acceptors (Lipinski definition) is 9. The number of halogens is 1. The minimum atomic E-state index is -0.0786. The lowest BCUT2D eigenvalue weighted by Gasteiger charge is -2.37. The maximum Gasteiger partial charge on any atom is 0.250 e. The highest BCUT2D eigenvalue weighted by Gasteiger charge is 2.26. The molecule has 4 heterocycles. The number of carbonyl (C=O) groups excluding carboxylic acids is 1. The second-order valence-corrected chi connectivity index (χ2v) is 11.2. The largest absolute Gasteiger partial charge is 0.489 e. The van der Waals surface area contributed by atoms with Gasteiger partial charge in [-0.15, -0.1) is 0 Å². The number of hydrogen-bond donors (Lipinski definition) is 1.